The summed E-state index contributed by atoms with van der Waals surface area (Å²) in [5.74, 6) is 0.0254. The van der Waals surface area contributed by atoms with E-state index in [0.29, 0.717) is 13.0 Å². The van der Waals surface area contributed by atoms with Crippen LogP contribution >= 0.6 is 0 Å². The smallest absolute Gasteiger partial charge is 0.126 e. The molecule has 0 aliphatic carbocycles. The van der Waals surface area contributed by atoms with Gasteiger partial charge in [0.05, 0.1) is 0 Å². The van der Waals surface area contributed by atoms with Gasteiger partial charge in [-0.2, -0.15) is 0 Å². The fourth-order valence-corrected chi connectivity index (χ4v) is 2.19. The van der Waals surface area contributed by atoms with E-state index >= 15 is 0 Å². The second-order valence-electron chi connectivity index (χ2n) is 4.64. The Morgan fingerprint density at radius 2 is 1.83 bits per heavy atom. The number of nitrogens with two attached hydrogens (primary N) is 1. The fraction of sp³-hybridized carbons (Fsp3) is 0.250. The number of hydrogen-bond acceptors (Lipinski definition) is 1. The Morgan fingerprint density at radius 1 is 1.11 bits per heavy atom. The van der Waals surface area contributed by atoms with E-state index in [1.54, 1.807) is 6.07 Å². The maximum absolute atomic E-state index is 13.7. The summed E-state index contributed by atoms with van der Waals surface area (Å²) in [5.41, 5.74) is 8.81. The molecule has 2 N–H and O–H groups in total. The van der Waals surface area contributed by atoms with Crippen molar-refractivity contribution in [1.82, 2.24) is 0 Å². The monoisotopic (exact) mass is 243 g/mol. The number of aryl methyl sites for hydroxylation is 1. The first-order valence-corrected chi connectivity index (χ1v) is 6.20. The normalized spacial score (nSPS) is 12.4. The summed E-state index contributed by atoms with van der Waals surface area (Å²) in [5, 5.41) is 0. The average Bonchev–Trinajstić information content (AvgIpc) is 2.41. The molecule has 0 fully saturated rings. The van der Waals surface area contributed by atoms with E-state index in [1.165, 1.54) is 11.6 Å². The minimum Gasteiger partial charge on any atom is -0.330 e. The molecule has 0 amide bonds. The lowest BCUT2D eigenvalue weighted by Gasteiger charge is -2.16. The molecule has 1 nitrogen and oxygen atoms in total. The predicted octanol–water partition coefficient (Wildman–Crippen LogP) is 3.42. The van der Waals surface area contributed by atoms with Gasteiger partial charge < -0.3 is 5.73 Å². The van der Waals surface area contributed by atoms with Gasteiger partial charge in [0, 0.05) is 5.92 Å². The Hall–Kier alpha value is -1.67. The molecule has 0 bridgehead atoms. The molecule has 0 aliphatic heterocycles. The summed E-state index contributed by atoms with van der Waals surface area (Å²) in [6, 6.07) is 15.3. The van der Waals surface area contributed by atoms with Crippen molar-refractivity contribution in [3.63, 3.8) is 0 Å². The zero-order valence-electron chi connectivity index (χ0n) is 10.6. The Labute approximate surface area is 107 Å². The van der Waals surface area contributed by atoms with Crippen molar-refractivity contribution < 1.29 is 4.39 Å². The third kappa shape index (κ3) is 2.96. The molecule has 2 aromatic carbocycles. The van der Waals surface area contributed by atoms with Gasteiger partial charge in [-0.05, 0) is 37.1 Å². The van der Waals surface area contributed by atoms with Crippen molar-refractivity contribution in [2.24, 2.45) is 5.73 Å². The molecular formula is C16H18FN. The average molecular weight is 243 g/mol. The zero-order valence-corrected chi connectivity index (χ0v) is 10.6. The van der Waals surface area contributed by atoms with Crippen LogP contribution in [0, 0.1) is 12.7 Å². The van der Waals surface area contributed by atoms with E-state index in [0.717, 1.165) is 11.1 Å². The number of halogens is 1. The largest absolute Gasteiger partial charge is 0.330 e. The van der Waals surface area contributed by atoms with Crippen LogP contribution in [0.4, 0.5) is 4.39 Å². The highest BCUT2D eigenvalue weighted by molar-refractivity contribution is 5.28. The van der Waals surface area contributed by atoms with Crippen LogP contribution < -0.4 is 5.73 Å². The standard InChI is InChI=1S/C16H18FN/c1-12-7-8-16(17)14(9-12)10-15(11-18)13-5-3-2-4-6-13/h2-9,15H,10-11,18H2,1H3. The van der Waals surface area contributed by atoms with Gasteiger partial charge in [-0.1, -0.05) is 48.0 Å². The Kier molecular flexibility index (Phi) is 4.11. The molecule has 1 atom stereocenters. The van der Waals surface area contributed by atoms with Crippen LogP contribution in [-0.2, 0) is 6.42 Å². The van der Waals surface area contributed by atoms with E-state index in [-0.39, 0.29) is 11.7 Å². The highest BCUT2D eigenvalue weighted by Crippen LogP contribution is 2.22. The van der Waals surface area contributed by atoms with Crippen molar-refractivity contribution in [1.29, 1.82) is 0 Å². The highest BCUT2D eigenvalue weighted by atomic mass is 19.1. The summed E-state index contributed by atoms with van der Waals surface area (Å²) < 4.78 is 13.7. The predicted molar refractivity (Wildman–Crippen MR) is 73.1 cm³/mol. The van der Waals surface area contributed by atoms with Crippen LogP contribution in [0.1, 0.15) is 22.6 Å². The van der Waals surface area contributed by atoms with Gasteiger partial charge in [-0.15, -0.1) is 0 Å². The van der Waals surface area contributed by atoms with Gasteiger partial charge >= 0.3 is 0 Å². The fourth-order valence-electron chi connectivity index (χ4n) is 2.19. The minimum absolute atomic E-state index is 0.144. The van der Waals surface area contributed by atoms with Crippen molar-refractivity contribution in [2.75, 3.05) is 6.54 Å². The molecule has 1 unspecified atom stereocenters. The quantitative estimate of drug-likeness (QED) is 0.874. The van der Waals surface area contributed by atoms with Crippen LogP contribution in [0.15, 0.2) is 48.5 Å². The van der Waals surface area contributed by atoms with E-state index in [1.807, 2.05) is 43.3 Å². The summed E-state index contributed by atoms with van der Waals surface area (Å²) in [4.78, 5) is 0. The van der Waals surface area contributed by atoms with Gasteiger partial charge in [-0.25, -0.2) is 4.39 Å². The van der Waals surface area contributed by atoms with Crippen molar-refractivity contribution in [2.45, 2.75) is 19.3 Å². The lowest BCUT2D eigenvalue weighted by molar-refractivity contribution is 0.590. The molecule has 0 aliphatic rings. The molecule has 0 heterocycles. The lowest BCUT2D eigenvalue weighted by atomic mass is 9.91. The minimum atomic E-state index is -0.144. The second kappa shape index (κ2) is 5.78. The van der Waals surface area contributed by atoms with Gasteiger partial charge in [0.1, 0.15) is 5.82 Å². The summed E-state index contributed by atoms with van der Waals surface area (Å²) in [7, 11) is 0. The Bertz CT molecular complexity index is 508. The molecule has 0 spiro atoms. The third-order valence-corrected chi connectivity index (χ3v) is 3.22. The SMILES string of the molecule is Cc1ccc(F)c(CC(CN)c2ccccc2)c1. The number of hydrogen-bond donors (Lipinski definition) is 1. The molecule has 0 radical (unpaired) electrons. The van der Waals surface area contributed by atoms with Crippen LogP contribution in [-0.4, -0.2) is 6.54 Å². The maximum atomic E-state index is 13.7. The maximum Gasteiger partial charge on any atom is 0.126 e. The molecule has 2 heteroatoms. The Balaban J connectivity index is 2.23. The summed E-state index contributed by atoms with van der Waals surface area (Å²) >= 11 is 0. The molecule has 0 aromatic heterocycles. The van der Waals surface area contributed by atoms with Crippen LogP contribution in [0.25, 0.3) is 0 Å². The first-order chi connectivity index (χ1) is 8.70. The molecular weight excluding hydrogens is 225 g/mol. The zero-order chi connectivity index (χ0) is 13.0. The van der Waals surface area contributed by atoms with Crippen molar-refractivity contribution >= 4 is 0 Å². The molecule has 94 valence electrons. The second-order valence-corrected chi connectivity index (χ2v) is 4.64. The van der Waals surface area contributed by atoms with Crippen molar-refractivity contribution in [3.8, 4) is 0 Å². The van der Waals surface area contributed by atoms with Crippen LogP contribution in [0.3, 0.4) is 0 Å². The molecule has 18 heavy (non-hydrogen) atoms. The van der Waals surface area contributed by atoms with Gasteiger partial charge in [-0.3, -0.25) is 0 Å². The van der Waals surface area contributed by atoms with Crippen LogP contribution in [0.5, 0.6) is 0 Å². The first kappa shape index (κ1) is 12.8. The summed E-state index contributed by atoms with van der Waals surface area (Å²) in [6.07, 6.45) is 0.647. The molecule has 2 rings (SSSR count). The molecule has 0 saturated heterocycles. The number of rotatable bonds is 4. The molecule has 0 saturated carbocycles. The first-order valence-electron chi connectivity index (χ1n) is 6.20. The van der Waals surface area contributed by atoms with E-state index < -0.39 is 0 Å². The van der Waals surface area contributed by atoms with Crippen molar-refractivity contribution in [3.05, 3.63) is 71.0 Å². The van der Waals surface area contributed by atoms with Gasteiger partial charge in [0.2, 0.25) is 0 Å². The highest BCUT2D eigenvalue weighted by Gasteiger charge is 2.13. The van der Waals surface area contributed by atoms with Gasteiger partial charge in [0.25, 0.3) is 0 Å². The van der Waals surface area contributed by atoms with E-state index in [4.69, 9.17) is 5.73 Å². The van der Waals surface area contributed by atoms with Crippen LogP contribution in [0.2, 0.25) is 0 Å². The van der Waals surface area contributed by atoms with E-state index in [2.05, 4.69) is 0 Å². The molecule has 2 aromatic rings. The summed E-state index contributed by atoms with van der Waals surface area (Å²) in [6.45, 7) is 2.50. The lowest BCUT2D eigenvalue weighted by Crippen LogP contribution is -2.15. The Morgan fingerprint density at radius 3 is 2.50 bits per heavy atom. The third-order valence-electron chi connectivity index (χ3n) is 3.22. The topological polar surface area (TPSA) is 26.0 Å². The van der Waals surface area contributed by atoms with E-state index in [9.17, 15) is 4.39 Å². The van der Waals surface area contributed by atoms with Gasteiger partial charge in [0.15, 0.2) is 0 Å². The number of benzene rings is 2.